The summed E-state index contributed by atoms with van der Waals surface area (Å²) in [6, 6.07) is 9.50. The van der Waals surface area contributed by atoms with Gasteiger partial charge in [0, 0.05) is 30.0 Å². The van der Waals surface area contributed by atoms with Gasteiger partial charge in [0.1, 0.15) is 22.5 Å². The van der Waals surface area contributed by atoms with E-state index in [9.17, 15) is 22.6 Å². The number of hydrogen-bond donors (Lipinski definition) is 2. The molecule has 12 heteroatoms. The molecule has 3 aromatic carbocycles. The normalized spacial score (nSPS) is 12.4. The zero-order chi connectivity index (χ0) is 28.5. The van der Waals surface area contributed by atoms with Crippen molar-refractivity contribution in [3.05, 3.63) is 75.3 Å². The number of hydrogen-bond acceptors (Lipinski definition) is 10. The topological polar surface area (TPSA) is 157 Å². The summed E-state index contributed by atoms with van der Waals surface area (Å²) in [5, 5.41) is 3.12. The number of rotatable bonds is 10. The van der Waals surface area contributed by atoms with Crippen molar-refractivity contribution in [2.75, 3.05) is 44.6 Å². The number of anilines is 3. The van der Waals surface area contributed by atoms with Crippen LogP contribution in [0.1, 0.15) is 48.5 Å². The quantitative estimate of drug-likeness (QED) is 0.119. The summed E-state index contributed by atoms with van der Waals surface area (Å²) >= 11 is 0. The third-order valence-corrected chi connectivity index (χ3v) is 7.66. The molecule has 40 heavy (non-hydrogen) atoms. The Morgan fingerprint density at radius 1 is 0.900 bits per heavy atom. The molecule has 0 spiro atoms. The predicted molar refractivity (Wildman–Crippen MR) is 144 cm³/mol. The van der Waals surface area contributed by atoms with Gasteiger partial charge in [0.15, 0.2) is 11.6 Å². The summed E-state index contributed by atoms with van der Waals surface area (Å²) in [4.78, 5) is 26.9. The number of carbonyl (C=O) groups is 2. The zero-order valence-corrected chi connectivity index (χ0v) is 25.9. The SMILES string of the molecule is COCCOCCOc1cc(Nc2c(C)cc(C)c(S(=O)(=O)[O-])c2C)c2c(c1N)C(=O)c1ccccc1C2=O.[Na+]. The number of ether oxygens (including phenoxy) is 3. The monoisotopic (exact) mass is 576 g/mol. The molecule has 0 amide bonds. The molecular formula is C28H29N2NaO8S. The van der Waals surface area contributed by atoms with Crippen molar-refractivity contribution in [1.82, 2.24) is 0 Å². The summed E-state index contributed by atoms with van der Waals surface area (Å²) in [7, 11) is -3.23. The van der Waals surface area contributed by atoms with E-state index >= 15 is 0 Å². The van der Waals surface area contributed by atoms with Crippen LogP contribution in [0, 0.1) is 20.8 Å². The van der Waals surface area contributed by atoms with E-state index in [4.69, 9.17) is 19.9 Å². The van der Waals surface area contributed by atoms with E-state index in [1.807, 2.05) is 0 Å². The third kappa shape index (κ3) is 6.10. The average molecular weight is 577 g/mol. The van der Waals surface area contributed by atoms with Crippen molar-refractivity contribution in [2.45, 2.75) is 25.7 Å². The maximum Gasteiger partial charge on any atom is 1.00 e. The molecule has 10 nitrogen and oxygen atoms in total. The van der Waals surface area contributed by atoms with Crippen LogP contribution >= 0.6 is 0 Å². The molecule has 0 fully saturated rings. The number of methoxy groups -OCH3 is 1. The summed E-state index contributed by atoms with van der Waals surface area (Å²) in [5.74, 6) is -0.725. The Hall–Kier alpha value is -2.77. The summed E-state index contributed by atoms with van der Waals surface area (Å²) in [5.41, 5.74) is 8.48. The largest absolute Gasteiger partial charge is 1.00 e. The van der Waals surface area contributed by atoms with E-state index in [2.05, 4.69) is 5.32 Å². The molecule has 1 aliphatic carbocycles. The maximum absolute atomic E-state index is 13.7. The Kier molecular flexibility index (Phi) is 10.2. The second-order valence-corrected chi connectivity index (χ2v) is 10.5. The van der Waals surface area contributed by atoms with Crippen LogP contribution in [0.15, 0.2) is 41.3 Å². The summed E-state index contributed by atoms with van der Waals surface area (Å²) in [6.45, 7) is 5.90. The first-order valence-corrected chi connectivity index (χ1v) is 13.6. The summed E-state index contributed by atoms with van der Waals surface area (Å²) < 4.78 is 52.3. The van der Waals surface area contributed by atoms with E-state index in [0.717, 1.165) is 0 Å². The Labute approximate surface area is 255 Å². The van der Waals surface area contributed by atoms with Crippen LogP contribution < -0.4 is 45.3 Å². The number of aryl methyl sites for hydroxylation is 2. The van der Waals surface area contributed by atoms with Crippen LogP contribution in [0.25, 0.3) is 0 Å². The van der Waals surface area contributed by atoms with Crippen LogP contribution in [0.2, 0.25) is 0 Å². The van der Waals surface area contributed by atoms with Gasteiger partial charge in [0.05, 0.1) is 47.2 Å². The van der Waals surface area contributed by atoms with Gasteiger partial charge in [-0.2, -0.15) is 0 Å². The average Bonchev–Trinajstić information content (AvgIpc) is 2.87. The van der Waals surface area contributed by atoms with Gasteiger partial charge in [-0.25, -0.2) is 8.42 Å². The van der Waals surface area contributed by atoms with Gasteiger partial charge in [-0.05, 0) is 37.5 Å². The molecule has 0 atom stereocenters. The molecule has 4 rings (SSSR count). The van der Waals surface area contributed by atoms with Crippen LogP contribution in [-0.2, 0) is 19.6 Å². The fourth-order valence-corrected chi connectivity index (χ4v) is 5.78. The van der Waals surface area contributed by atoms with Crippen molar-refractivity contribution in [1.29, 1.82) is 0 Å². The van der Waals surface area contributed by atoms with Crippen molar-refractivity contribution in [3.8, 4) is 5.75 Å². The van der Waals surface area contributed by atoms with Gasteiger partial charge in [0.2, 0.25) is 0 Å². The molecule has 3 aromatic rings. The molecule has 0 saturated carbocycles. The van der Waals surface area contributed by atoms with E-state index in [0.29, 0.717) is 30.0 Å². The maximum atomic E-state index is 13.7. The number of fused-ring (bicyclic) bond motifs is 2. The Morgan fingerprint density at radius 2 is 1.50 bits per heavy atom. The van der Waals surface area contributed by atoms with Gasteiger partial charge in [-0.3, -0.25) is 9.59 Å². The van der Waals surface area contributed by atoms with Crippen LogP contribution in [0.5, 0.6) is 5.75 Å². The molecule has 1 aliphatic rings. The van der Waals surface area contributed by atoms with E-state index in [-0.39, 0.29) is 92.6 Å². The minimum Gasteiger partial charge on any atom is -0.744 e. The Morgan fingerprint density at radius 3 is 2.10 bits per heavy atom. The second-order valence-electron chi connectivity index (χ2n) is 9.16. The van der Waals surface area contributed by atoms with Crippen molar-refractivity contribution >= 4 is 38.7 Å². The molecule has 0 unspecified atom stereocenters. The fourth-order valence-electron chi connectivity index (χ4n) is 4.85. The van der Waals surface area contributed by atoms with E-state index in [1.165, 1.54) is 13.0 Å². The van der Waals surface area contributed by atoms with Crippen LogP contribution in [0.3, 0.4) is 0 Å². The van der Waals surface area contributed by atoms with Crippen molar-refractivity contribution in [2.24, 2.45) is 0 Å². The minimum atomic E-state index is -4.79. The Balaban J connectivity index is 0.00000441. The fraction of sp³-hybridized carbons (Fsp3) is 0.286. The number of carbonyl (C=O) groups excluding carboxylic acids is 2. The number of nitrogens with two attached hydrogens (primary N) is 1. The van der Waals surface area contributed by atoms with Gasteiger partial charge < -0.3 is 29.8 Å². The second kappa shape index (κ2) is 12.8. The van der Waals surface area contributed by atoms with Gasteiger partial charge in [0.25, 0.3) is 0 Å². The number of benzene rings is 3. The van der Waals surface area contributed by atoms with Crippen LogP contribution in [-0.4, -0.2) is 58.1 Å². The third-order valence-electron chi connectivity index (χ3n) is 6.53. The smallest absolute Gasteiger partial charge is 0.744 e. The Bertz CT molecular complexity index is 1590. The molecule has 3 N–H and O–H groups in total. The first kappa shape index (κ1) is 31.8. The first-order chi connectivity index (χ1) is 18.5. The molecule has 0 aromatic heterocycles. The minimum absolute atomic E-state index is 0. The molecule has 0 saturated heterocycles. The van der Waals surface area contributed by atoms with E-state index < -0.39 is 21.7 Å². The molecule has 0 bridgehead atoms. The van der Waals surface area contributed by atoms with Crippen molar-refractivity contribution < 1.29 is 66.3 Å². The molecule has 0 heterocycles. The molecule has 0 radical (unpaired) electrons. The molecule has 206 valence electrons. The van der Waals surface area contributed by atoms with E-state index in [1.54, 1.807) is 51.3 Å². The molecular weight excluding hydrogens is 547 g/mol. The van der Waals surface area contributed by atoms with Gasteiger partial charge in [-0.1, -0.05) is 30.3 Å². The summed E-state index contributed by atoms with van der Waals surface area (Å²) in [6.07, 6.45) is 0. The van der Waals surface area contributed by atoms with Gasteiger partial charge >= 0.3 is 29.6 Å². The van der Waals surface area contributed by atoms with Crippen molar-refractivity contribution in [3.63, 3.8) is 0 Å². The first-order valence-electron chi connectivity index (χ1n) is 12.2. The standard InChI is InChI=1S/C28H30N2O8S.Na/c1-15-13-16(2)28(39(33,34)35)17(3)25(15)30-20-14-21(38-12-11-37-10-9-36-4)24(29)23-22(20)26(31)18-7-5-6-8-19(18)27(23)32;/h5-8,13-14,30H,9-12,29H2,1-4H3,(H,33,34,35);/q;+1/p-1. The number of nitrogen functional groups attached to an aromatic ring is 1. The zero-order valence-electron chi connectivity index (χ0n) is 23.0. The number of nitrogens with one attached hydrogen (secondary N) is 1. The predicted octanol–water partition coefficient (Wildman–Crippen LogP) is 0.663. The van der Waals surface area contributed by atoms with Gasteiger partial charge in [-0.15, -0.1) is 0 Å². The molecule has 0 aliphatic heterocycles. The number of ketones is 2. The van der Waals surface area contributed by atoms with Crippen LogP contribution in [0.4, 0.5) is 17.1 Å².